The molecule has 0 bridgehead atoms. The summed E-state index contributed by atoms with van der Waals surface area (Å²) in [4.78, 5) is 15.1. The predicted octanol–water partition coefficient (Wildman–Crippen LogP) is 4.39. The third-order valence-electron chi connectivity index (χ3n) is 2.79. The Balaban J connectivity index is 2.06. The second kappa shape index (κ2) is 6.98. The number of nitrogens with one attached hydrogen (secondary N) is 1. The fourth-order valence-corrected chi connectivity index (χ4v) is 2.43. The van der Waals surface area contributed by atoms with E-state index in [1.807, 2.05) is 6.07 Å². The molecule has 1 heterocycles. The van der Waals surface area contributed by atoms with Gasteiger partial charge >= 0.3 is 5.97 Å². The SMILES string of the molecule is O=C(O)c1ccc(Cl)nc1NCCc1ccc(Cl)cc1Cl. The monoisotopic (exact) mass is 344 g/mol. The van der Waals surface area contributed by atoms with Gasteiger partial charge in [0.05, 0.1) is 0 Å². The number of rotatable bonds is 5. The van der Waals surface area contributed by atoms with E-state index in [1.54, 1.807) is 12.1 Å². The molecule has 0 atom stereocenters. The lowest BCUT2D eigenvalue weighted by Gasteiger charge is -2.10. The van der Waals surface area contributed by atoms with Crippen molar-refractivity contribution in [2.75, 3.05) is 11.9 Å². The number of benzene rings is 1. The van der Waals surface area contributed by atoms with Crippen LogP contribution in [0.2, 0.25) is 15.2 Å². The van der Waals surface area contributed by atoms with Crippen molar-refractivity contribution in [2.45, 2.75) is 6.42 Å². The highest BCUT2D eigenvalue weighted by Crippen LogP contribution is 2.22. The maximum absolute atomic E-state index is 11.1. The van der Waals surface area contributed by atoms with Crippen LogP contribution in [-0.4, -0.2) is 22.6 Å². The third-order valence-corrected chi connectivity index (χ3v) is 3.59. The smallest absolute Gasteiger partial charge is 0.339 e. The molecule has 0 fully saturated rings. The highest BCUT2D eigenvalue weighted by atomic mass is 35.5. The summed E-state index contributed by atoms with van der Waals surface area (Å²) < 4.78 is 0. The number of pyridine rings is 1. The van der Waals surface area contributed by atoms with Crippen molar-refractivity contribution in [1.82, 2.24) is 4.98 Å². The van der Waals surface area contributed by atoms with Crippen LogP contribution in [0.1, 0.15) is 15.9 Å². The van der Waals surface area contributed by atoms with E-state index in [4.69, 9.17) is 39.9 Å². The highest BCUT2D eigenvalue weighted by Gasteiger charge is 2.12. The normalized spacial score (nSPS) is 10.4. The quantitative estimate of drug-likeness (QED) is 0.789. The van der Waals surface area contributed by atoms with E-state index in [0.29, 0.717) is 23.0 Å². The van der Waals surface area contributed by atoms with Gasteiger partial charge in [-0.2, -0.15) is 0 Å². The van der Waals surface area contributed by atoms with E-state index >= 15 is 0 Å². The second-order valence-corrected chi connectivity index (χ2v) is 5.48. The number of halogens is 3. The Bertz CT molecular complexity index is 677. The molecule has 0 saturated carbocycles. The van der Waals surface area contributed by atoms with Crippen molar-refractivity contribution >= 4 is 46.6 Å². The minimum Gasteiger partial charge on any atom is -0.478 e. The highest BCUT2D eigenvalue weighted by molar-refractivity contribution is 6.35. The first-order valence-electron chi connectivity index (χ1n) is 6.05. The van der Waals surface area contributed by atoms with E-state index in [1.165, 1.54) is 12.1 Å². The van der Waals surface area contributed by atoms with Gasteiger partial charge in [-0.1, -0.05) is 40.9 Å². The van der Waals surface area contributed by atoms with Crippen LogP contribution < -0.4 is 5.32 Å². The third kappa shape index (κ3) is 4.24. The Hall–Kier alpha value is -1.49. The Morgan fingerprint density at radius 2 is 1.95 bits per heavy atom. The van der Waals surface area contributed by atoms with Gasteiger partial charge in [-0.25, -0.2) is 9.78 Å². The first-order valence-corrected chi connectivity index (χ1v) is 7.18. The largest absolute Gasteiger partial charge is 0.478 e. The number of carboxylic acid groups (broad SMARTS) is 1. The van der Waals surface area contributed by atoms with Gasteiger partial charge in [0.25, 0.3) is 0 Å². The summed E-state index contributed by atoms with van der Waals surface area (Å²) in [6.07, 6.45) is 0.600. The van der Waals surface area contributed by atoms with Gasteiger partial charge in [0, 0.05) is 16.6 Å². The zero-order valence-electron chi connectivity index (χ0n) is 10.7. The van der Waals surface area contributed by atoms with Crippen molar-refractivity contribution in [2.24, 2.45) is 0 Å². The molecule has 7 heteroatoms. The van der Waals surface area contributed by atoms with Crippen molar-refractivity contribution in [1.29, 1.82) is 0 Å². The molecule has 0 unspecified atom stereocenters. The van der Waals surface area contributed by atoms with Gasteiger partial charge in [0.2, 0.25) is 0 Å². The first-order chi connectivity index (χ1) is 9.97. The fourth-order valence-electron chi connectivity index (χ4n) is 1.78. The molecule has 1 aromatic carbocycles. The molecule has 0 spiro atoms. The van der Waals surface area contributed by atoms with Gasteiger partial charge in [-0.15, -0.1) is 0 Å². The summed E-state index contributed by atoms with van der Waals surface area (Å²) in [6.45, 7) is 0.467. The Morgan fingerprint density at radius 1 is 1.19 bits per heavy atom. The number of carbonyl (C=O) groups is 1. The number of hydrogen-bond donors (Lipinski definition) is 2. The average molecular weight is 346 g/mol. The molecule has 2 N–H and O–H groups in total. The summed E-state index contributed by atoms with van der Waals surface area (Å²) in [5, 5.41) is 13.4. The summed E-state index contributed by atoms with van der Waals surface area (Å²) in [5.41, 5.74) is 0.981. The van der Waals surface area contributed by atoms with E-state index in [-0.39, 0.29) is 16.5 Å². The number of carboxylic acids is 1. The van der Waals surface area contributed by atoms with Crippen LogP contribution in [0.25, 0.3) is 0 Å². The van der Waals surface area contributed by atoms with Crippen LogP contribution in [0.3, 0.4) is 0 Å². The number of aromatic carboxylic acids is 1. The van der Waals surface area contributed by atoms with Gasteiger partial charge in [-0.05, 0) is 36.2 Å². The minimum absolute atomic E-state index is 0.0709. The average Bonchev–Trinajstić information content (AvgIpc) is 2.41. The van der Waals surface area contributed by atoms with E-state index in [9.17, 15) is 4.79 Å². The molecule has 4 nitrogen and oxygen atoms in total. The predicted molar refractivity (Wildman–Crippen MR) is 84.9 cm³/mol. The van der Waals surface area contributed by atoms with Crippen LogP contribution in [-0.2, 0) is 6.42 Å². The van der Waals surface area contributed by atoms with Crippen LogP contribution in [0.5, 0.6) is 0 Å². The maximum Gasteiger partial charge on any atom is 0.339 e. The molecule has 1 aromatic heterocycles. The zero-order valence-corrected chi connectivity index (χ0v) is 13.0. The Morgan fingerprint density at radius 3 is 2.62 bits per heavy atom. The van der Waals surface area contributed by atoms with Gasteiger partial charge in [-0.3, -0.25) is 0 Å². The number of aromatic nitrogens is 1. The maximum atomic E-state index is 11.1. The van der Waals surface area contributed by atoms with E-state index < -0.39 is 5.97 Å². The second-order valence-electron chi connectivity index (χ2n) is 4.25. The van der Waals surface area contributed by atoms with Gasteiger partial charge in [0.1, 0.15) is 16.5 Å². The summed E-state index contributed by atoms with van der Waals surface area (Å²) in [5.74, 6) is -0.828. The van der Waals surface area contributed by atoms with Crippen LogP contribution in [0, 0.1) is 0 Å². The summed E-state index contributed by atoms with van der Waals surface area (Å²) >= 11 is 17.7. The van der Waals surface area contributed by atoms with Crippen LogP contribution in [0.4, 0.5) is 5.82 Å². The molecule has 2 aromatic rings. The topological polar surface area (TPSA) is 62.2 Å². The molecule has 2 rings (SSSR count). The van der Waals surface area contributed by atoms with Crippen molar-refractivity contribution < 1.29 is 9.90 Å². The van der Waals surface area contributed by atoms with Gasteiger partial charge in [0.15, 0.2) is 0 Å². The molecule has 110 valence electrons. The Kier molecular flexibility index (Phi) is 5.28. The fraction of sp³-hybridized carbons (Fsp3) is 0.143. The lowest BCUT2D eigenvalue weighted by Crippen LogP contribution is -2.11. The van der Waals surface area contributed by atoms with Crippen LogP contribution >= 0.6 is 34.8 Å². The lowest BCUT2D eigenvalue weighted by molar-refractivity contribution is 0.0697. The first kappa shape index (κ1) is 15.9. The standard InChI is InChI=1S/C14H11Cl3N2O2/c15-9-2-1-8(11(16)7-9)5-6-18-13-10(14(20)21)3-4-12(17)19-13/h1-4,7H,5-6H2,(H,18,19)(H,20,21). The summed E-state index contributed by atoms with van der Waals surface area (Å²) in [6, 6.07) is 8.10. The number of anilines is 1. The van der Waals surface area contributed by atoms with E-state index in [2.05, 4.69) is 10.3 Å². The molecule has 21 heavy (non-hydrogen) atoms. The van der Waals surface area contributed by atoms with Gasteiger partial charge < -0.3 is 10.4 Å². The molecule has 0 aliphatic rings. The lowest BCUT2D eigenvalue weighted by atomic mass is 10.1. The molecular formula is C14H11Cl3N2O2. The number of hydrogen-bond acceptors (Lipinski definition) is 3. The Labute approximate surface area is 136 Å². The zero-order chi connectivity index (χ0) is 15.4. The minimum atomic E-state index is -1.06. The van der Waals surface area contributed by atoms with Crippen molar-refractivity contribution in [3.05, 3.63) is 56.7 Å². The van der Waals surface area contributed by atoms with E-state index in [0.717, 1.165) is 5.56 Å². The van der Waals surface area contributed by atoms with Crippen molar-refractivity contribution in [3.63, 3.8) is 0 Å². The van der Waals surface area contributed by atoms with Crippen LogP contribution in [0.15, 0.2) is 30.3 Å². The molecule has 0 radical (unpaired) electrons. The molecule has 0 aliphatic carbocycles. The molecule has 0 saturated heterocycles. The molecule has 0 aliphatic heterocycles. The summed E-state index contributed by atoms with van der Waals surface area (Å²) in [7, 11) is 0. The molecular weight excluding hydrogens is 335 g/mol. The van der Waals surface area contributed by atoms with Crippen molar-refractivity contribution in [3.8, 4) is 0 Å². The molecule has 0 amide bonds. The number of nitrogens with zero attached hydrogens (tertiary/aromatic N) is 1.